The maximum Gasteiger partial charge on any atom is 0.338 e. The number of nitrogens with zero attached hydrogens (tertiary/aromatic N) is 1. The maximum atomic E-state index is 12.6. The average molecular weight is 386 g/mol. The van der Waals surface area contributed by atoms with Crippen LogP contribution in [0.15, 0.2) is 60.0 Å². The molecule has 7 nitrogen and oxygen atoms in total. The van der Waals surface area contributed by atoms with E-state index in [9.17, 15) is 19.7 Å². The molecule has 0 saturated heterocycles. The molecule has 0 aliphatic rings. The fraction of sp³-hybridized carbons (Fsp3) is 0.158. The molecule has 2 rings (SSSR count). The third-order valence-corrected chi connectivity index (χ3v) is 4.46. The standard InChI is InChI=1S/C19H18N2O5S/c1-3-9-27-17-8-6-5-7-16(17)20-18(22)13-10-14(19(23)26-4-2)12-15(11-13)21(24)25/h3,5-8,10-12H,1,4,9H2,2H3,(H,20,22). The monoisotopic (exact) mass is 386 g/mol. The van der Waals surface area contributed by atoms with Gasteiger partial charge in [-0.05, 0) is 25.1 Å². The Hall–Kier alpha value is -3.13. The summed E-state index contributed by atoms with van der Waals surface area (Å²) in [5, 5.41) is 13.9. The molecule has 0 heterocycles. The maximum absolute atomic E-state index is 12.6. The van der Waals surface area contributed by atoms with E-state index in [2.05, 4.69) is 11.9 Å². The van der Waals surface area contributed by atoms with Gasteiger partial charge in [-0.25, -0.2) is 4.79 Å². The number of non-ortho nitro benzene ring substituents is 1. The normalized spacial score (nSPS) is 10.1. The number of rotatable bonds is 8. The summed E-state index contributed by atoms with van der Waals surface area (Å²) in [7, 11) is 0. The quantitative estimate of drug-likeness (QED) is 0.239. The first kappa shape index (κ1) is 20.2. The number of hydrogen-bond donors (Lipinski definition) is 1. The third kappa shape index (κ3) is 5.42. The molecule has 1 amide bonds. The van der Waals surface area contributed by atoms with Gasteiger partial charge in [-0.15, -0.1) is 18.3 Å². The van der Waals surface area contributed by atoms with Crippen molar-refractivity contribution in [2.24, 2.45) is 0 Å². The van der Waals surface area contributed by atoms with Gasteiger partial charge in [0.1, 0.15) is 0 Å². The Kier molecular flexibility index (Phi) is 7.13. The van der Waals surface area contributed by atoms with E-state index in [0.717, 1.165) is 17.0 Å². The van der Waals surface area contributed by atoms with Crippen LogP contribution < -0.4 is 5.32 Å². The molecule has 0 aromatic heterocycles. The van der Waals surface area contributed by atoms with Crippen LogP contribution in [0.1, 0.15) is 27.6 Å². The van der Waals surface area contributed by atoms with Crippen molar-refractivity contribution in [3.8, 4) is 0 Å². The highest BCUT2D eigenvalue weighted by Crippen LogP contribution is 2.28. The fourth-order valence-electron chi connectivity index (χ4n) is 2.22. The number of ether oxygens (including phenoxy) is 1. The topological polar surface area (TPSA) is 98.5 Å². The summed E-state index contributed by atoms with van der Waals surface area (Å²) in [6.45, 7) is 5.41. The van der Waals surface area contributed by atoms with Gasteiger partial charge in [0, 0.05) is 28.3 Å². The molecule has 2 aromatic carbocycles. The minimum Gasteiger partial charge on any atom is -0.462 e. The summed E-state index contributed by atoms with van der Waals surface area (Å²) in [6.07, 6.45) is 1.75. The van der Waals surface area contributed by atoms with Crippen LogP contribution in [0, 0.1) is 10.1 Å². The van der Waals surface area contributed by atoms with Gasteiger partial charge in [0.25, 0.3) is 11.6 Å². The molecule has 0 atom stereocenters. The minimum absolute atomic E-state index is 0.00391. The van der Waals surface area contributed by atoms with Crippen molar-refractivity contribution in [2.45, 2.75) is 11.8 Å². The van der Waals surface area contributed by atoms with Crippen molar-refractivity contribution in [3.05, 3.63) is 76.4 Å². The average Bonchev–Trinajstić information content (AvgIpc) is 2.67. The first-order valence-corrected chi connectivity index (χ1v) is 9.05. The Morgan fingerprint density at radius 3 is 2.63 bits per heavy atom. The Morgan fingerprint density at radius 1 is 1.26 bits per heavy atom. The summed E-state index contributed by atoms with van der Waals surface area (Å²) in [5.41, 5.74) is 0.153. The zero-order valence-corrected chi connectivity index (χ0v) is 15.5. The lowest BCUT2D eigenvalue weighted by molar-refractivity contribution is -0.384. The molecule has 140 valence electrons. The first-order chi connectivity index (χ1) is 13.0. The van der Waals surface area contributed by atoms with Gasteiger partial charge in [-0.1, -0.05) is 18.2 Å². The first-order valence-electron chi connectivity index (χ1n) is 8.07. The van der Waals surface area contributed by atoms with E-state index in [4.69, 9.17) is 4.74 Å². The van der Waals surface area contributed by atoms with E-state index in [1.807, 2.05) is 12.1 Å². The number of carbonyl (C=O) groups is 2. The summed E-state index contributed by atoms with van der Waals surface area (Å²) in [5.74, 6) is -0.621. The van der Waals surface area contributed by atoms with E-state index >= 15 is 0 Å². The number of thioether (sulfide) groups is 1. The van der Waals surface area contributed by atoms with Crippen LogP contribution in [0.4, 0.5) is 11.4 Å². The highest BCUT2D eigenvalue weighted by Gasteiger charge is 2.19. The molecule has 0 aliphatic heterocycles. The van der Waals surface area contributed by atoms with Crippen LogP contribution >= 0.6 is 11.8 Å². The molecular weight excluding hydrogens is 368 g/mol. The van der Waals surface area contributed by atoms with Crippen LogP contribution in [-0.4, -0.2) is 29.2 Å². The number of carbonyl (C=O) groups excluding carboxylic acids is 2. The Balaban J connectivity index is 2.34. The van der Waals surface area contributed by atoms with E-state index in [-0.39, 0.29) is 23.4 Å². The molecule has 0 saturated carbocycles. The Labute approximate surface area is 160 Å². The number of benzene rings is 2. The lowest BCUT2D eigenvalue weighted by Crippen LogP contribution is -2.14. The van der Waals surface area contributed by atoms with Crippen molar-refractivity contribution in [1.82, 2.24) is 0 Å². The van der Waals surface area contributed by atoms with Crippen molar-refractivity contribution in [1.29, 1.82) is 0 Å². The second kappa shape index (κ2) is 9.54. The molecule has 0 bridgehead atoms. The smallest absolute Gasteiger partial charge is 0.338 e. The summed E-state index contributed by atoms with van der Waals surface area (Å²) in [6, 6.07) is 10.7. The number of esters is 1. The number of para-hydroxylation sites is 1. The molecule has 0 radical (unpaired) electrons. The van der Waals surface area contributed by atoms with Gasteiger partial charge in [0.2, 0.25) is 0 Å². The molecule has 0 fully saturated rings. The second-order valence-electron chi connectivity index (χ2n) is 5.30. The van der Waals surface area contributed by atoms with Crippen LogP contribution in [0.2, 0.25) is 0 Å². The minimum atomic E-state index is -0.725. The summed E-state index contributed by atoms with van der Waals surface area (Å²) >= 11 is 1.49. The second-order valence-corrected chi connectivity index (χ2v) is 6.36. The van der Waals surface area contributed by atoms with Crippen molar-refractivity contribution in [3.63, 3.8) is 0 Å². The Bertz CT molecular complexity index is 882. The number of nitrogens with one attached hydrogen (secondary N) is 1. The number of nitro groups is 1. The zero-order valence-electron chi connectivity index (χ0n) is 14.6. The van der Waals surface area contributed by atoms with Gasteiger partial charge in [-0.2, -0.15) is 0 Å². The largest absolute Gasteiger partial charge is 0.462 e. The van der Waals surface area contributed by atoms with E-state index < -0.39 is 16.8 Å². The molecule has 0 unspecified atom stereocenters. The highest BCUT2D eigenvalue weighted by molar-refractivity contribution is 7.99. The number of nitro benzene ring substituents is 1. The van der Waals surface area contributed by atoms with Crippen molar-refractivity contribution in [2.75, 3.05) is 17.7 Å². The van der Waals surface area contributed by atoms with E-state index in [1.165, 1.54) is 17.8 Å². The zero-order chi connectivity index (χ0) is 19.8. The number of hydrogen-bond acceptors (Lipinski definition) is 6. The lowest BCUT2D eigenvalue weighted by atomic mass is 10.1. The SMILES string of the molecule is C=CCSc1ccccc1NC(=O)c1cc(C(=O)OCC)cc([N+](=O)[O-])c1. The summed E-state index contributed by atoms with van der Waals surface area (Å²) < 4.78 is 4.87. The third-order valence-electron chi connectivity index (χ3n) is 3.39. The van der Waals surface area contributed by atoms with Gasteiger partial charge in [0.05, 0.1) is 22.8 Å². The van der Waals surface area contributed by atoms with Crippen LogP contribution in [0.25, 0.3) is 0 Å². The Morgan fingerprint density at radius 2 is 1.96 bits per heavy atom. The van der Waals surface area contributed by atoms with E-state index in [1.54, 1.807) is 25.1 Å². The van der Waals surface area contributed by atoms with Gasteiger partial charge < -0.3 is 10.1 Å². The van der Waals surface area contributed by atoms with Crippen LogP contribution in [0.5, 0.6) is 0 Å². The van der Waals surface area contributed by atoms with Crippen molar-refractivity contribution >= 4 is 35.0 Å². The fourth-order valence-corrected chi connectivity index (χ4v) is 2.97. The molecule has 8 heteroatoms. The molecule has 27 heavy (non-hydrogen) atoms. The molecular formula is C19H18N2O5S. The summed E-state index contributed by atoms with van der Waals surface area (Å²) in [4.78, 5) is 35.9. The van der Waals surface area contributed by atoms with Crippen LogP contribution in [0.3, 0.4) is 0 Å². The van der Waals surface area contributed by atoms with Gasteiger partial charge in [-0.3, -0.25) is 14.9 Å². The lowest BCUT2D eigenvalue weighted by Gasteiger charge is -2.11. The predicted molar refractivity (Wildman–Crippen MR) is 104 cm³/mol. The number of anilines is 1. The molecule has 0 aliphatic carbocycles. The van der Waals surface area contributed by atoms with Gasteiger partial charge in [0.15, 0.2) is 0 Å². The van der Waals surface area contributed by atoms with Crippen LogP contribution in [-0.2, 0) is 4.74 Å². The predicted octanol–water partition coefficient (Wildman–Crippen LogP) is 4.30. The highest BCUT2D eigenvalue weighted by atomic mass is 32.2. The van der Waals surface area contributed by atoms with Crippen molar-refractivity contribution < 1.29 is 19.2 Å². The van der Waals surface area contributed by atoms with Gasteiger partial charge >= 0.3 is 5.97 Å². The number of amides is 1. The molecule has 2 aromatic rings. The van der Waals surface area contributed by atoms with E-state index in [0.29, 0.717) is 11.4 Å². The molecule has 0 spiro atoms. The molecule has 1 N–H and O–H groups in total.